The highest BCUT2D eigenvalue weighted by Crippen LogP contribution is 2.23. The Hall–Kier alpha value is -1.37. The number of nitrogens with zero attached hydrogens (tertiary/aromatic N) is 3. The number of aliphatic hydroxyl groups is 1. The van der Waals surface area contributed by atoms with Crippen molar-refractivity contribution in [3.8, 4) is 0 Å². The first-order valence-corrected chi connectivity index (χ1v) is 8.17. The van der Waals surface area contributed by atoms with E-state index in [4.69, 9.17) is 11.6 Å². The summed E-state index contributed by atoms with van der Waals surface area (Å²) in [5.74, 6) is -0.0880. The topological polar surface area (TPSA) is 57.8 Å². The van der Waals surface area contributed by atoms with Crippen molar-refractivity contribution in [1.29, 1.82) is 0 Å². The fourth-order valence-corrected chi connectivity index (χ4v) is 3.66. The van der Waals surface area contributed by atoms with Crippen LogP contribution in [0.5, 0.6) is 0 Å². The van der Waals surface area contributed by atoms with Crippen molar-refractivity contribution in [3.05, 3.63) is 28.5 Å². The van der Waals surface area contributed by atoms with Crippen molar-refractivity contribution in [2.75, 3.05) is 13.2 Å². The summed E-state index contributed by atoms with van der Waals surface area (Å²) in [7, 11) is 0. The van der Waals surface area contributed by atoms with Gasteiger partial charge in [0, 0.05) is 24.2 Å². The van der Waals surface area contributed by atoms with Gasteiger partial charge in [0.2, 0.25) is 5.91 Å². The molecule has 5 nitrogen and oxygen atoms in total. The fourth-order valence-electron chi connectivity index (χ4n) is 2.65. The maximum Gasteiger partial charge on any atom is 0.246 e. The first-order valence-electron chi connectivity index (χ1n) is 6.91. The van der Waals surface area contributed by atoms with Crippen LogP contribution in [0.1, 0.15) is 25.0 Å². The molecule has 3 rings (SSSR count). The number of halogens is 1. The summed E-state index contributed by atoms with van der Waals surface area (Å²) < 4.78 is 1.86. The van der Waals surface area contributed by atoms with E-state index in [0.717, 1.165) is 24.2 Å². The molecular formula is C14H16ClN3O2S. The predicted octanol–water partition coefficient (Wildman–Crippen LogP) is 2.44. The lowest BCUT2D eigenvalue weighted by Gasteiger charge is -2.33. The molecule has 7 heteroatoms. The van der Waals surface area contributed by atoms with Crippen molar-refractivity contribution in [1.82, 2.24) is 14.3 Å². The minimum absolute atomic E-state index is 0.0157. The summed E-state index contributed by atoms with van der Waals surface area (Å²) >= 11 is 7.59. The lowest BCUT2D eigenvalue weighted by atomic mass is 10.0. The van der Waals surface area contributed by atoms with Crippen LogP contribution in [0.25, 0.3) is 11.0 Å². The quantitative estimate of drug-likeness (QED) is 0.882. The lowest BCUT2D eigenvalue weighted by molar-refractivity contribution is -0.130. The second-order valence-electron chi connectivity index (χ2n) is 5.04. The zero-order valence-electron chi connectivity index (χ0n) is 11.4. The third kappa shape index (κ3) is 2.84. The van der Waals surface area contributed by atoms with Gasteiger partial charge in [-0.15, -0.1) is 11.3 Å². The van der Waals surface area contributed by atoms with Crippen LogP contribution in [-0.4, -0.2) is 44.5 Å². The zero-order valence-corrected chi connectivity index (χ0v) is 13.0. The Morgan fingerprint density at radius 2 is 2.43 bits per heavy atom. The van der Waals surface area contributed by atoms with E-state index in [1.807, 2.05) is 16.0 Å². The maximum atomic E-state index is 12.3. The van der Waals surface area contributed by atoms with Gasteiger partial charge < -0.3 is 10.0 Å². The average molecular weight is 326 g/mol. The van der Waals surface area contributed by atoms with Gasteiger partial charge in [-0.2, -0.15) is 0 Å². The van der Waals surface area contributed by atoms with E-state index in [9.17, 15) is 9.90 Å². The van der Waals surface area contributed by atoms with E-state index < -0.39 is 0 Å². The number of amides is 1. The number of carbonyl (C=O) groups excluding carboxylic acids is 1. The van der Waals surface area contributed by atoms with Gasteiger partial charge in [0.1, 0.15) is 0 Å². The minimum atomic E-state index is -0.0880. The van der Waals surface area contributed by atoms with Crippen molar-refractivity contribution in [2.24, 2.45) is 0 Å². The number of hydrogen-bond donors (Lipinski definition) is 1. The van der Waals surface area contributed by atoms with Crippen LogP contribution >= 0.6 is 22.9 Å². The molecule has 0 saturated carbocycles. The number of fused-ring (bicyclic) bond motifs is 1. The molecule has 0 radical (unpaired) electrons. The third-order valence-electron chi connectivity index (χ3n) is 3.76. The second-order valence-corrected chi connectivity index (χ2v) is 6.27. The predicted molar refractivity (Wildman–Crippen MR) is 83.6 cm³/mol. The van der Waals surface area contributed by atoms with Gasteiger partial charge in [0.15, 0.2) is 10.1 Å². The molecule has 1 aliphatic rings. The summed E-state index contributed by atoms with van der Waals surface area (Å²) in [4.78, 5) is 19.1. The smallest absolute Gasteiger partial charge is 0.246 e. The van der Waals surface area contributed by atoms with E-state index in [2.05, 4.69) is 4.98 Å². The largest absolute Gasteiger partial charge is 0.394 e. The second kappa shape index (κ2) is 6.17. The number of thiazole rings is 1. The van der Waals surface area contributed by atoms with Crippen molar-refractivity contribution >= 4 is 39.9 Å². The molecule has 112 valence electrons. The van der Waals surface area contributed by atoms with Crippen LogP contribution in [0.3, 0.4) is 0 Å². The van der Waals surface area contributed by atoms with E-state index in [1.165, 1.54) is 17.4 Å². The molecule has 0 aromatic carbocycles. The van der Waals surface area contributed by atoms with E-state index in [1.54, 1.807) is 11.0 Å². The number of piperidine rings is 1. The number of aromatic nitrogens is 2. The molecule has 0 spiro atoms. The number of hydrogen-bond acceptors (Lipinski definition) is 4. The van der Waals surface area contributed by atoms with Gasteiger partial charge in [-0.3, -0.25) is 9.20 Å². The Balaban J connectivity index is 1.80. The van der Waals surface area contributed by atoms with Gasteiger partial charge in [-0.25, -0.2) is 4.98 Å². The van der Waals surface area contributed by atoms with E-state index in [0.29, 0.717) is 17.4 Å². The Morgan fingerprint density at radius 3 is 3.24 bits per heavy atom. The molecule has 1 amide bonds. The van der Waals surface area contributed by atoms with Crippen LogP contribution in [0.15, 0.2) is 17.7 Å². The van der Waals surface area contributed by atoms with E-state index >= 15 is 0 Å². The fraction of sp³-hybridized carbons (Fsp3) is 0.429. The van der Waals surface area contributed by atoms with Crippen LogP contribution in [0.4, 0.5) is 0 Å². The Labute approximate surface area is 131 Å². The van der Waals surface area contributed by atoms with Crippen molar-refractivity contribution in [2.45, 2.75) is 25.3 Å². The van der Waals surface area contributed by atoms with Crippen molar-refractivity contribution < 1.29 is 9.90 Å². The molecule has 0 aliphatic carbocycles. The van der Waals surface area contributed by atoms with Crippen LogP contribution in [0, 0.1) is 0 Å². The molecule has 1 saturated heterocycles. The molecule has 1 atom stereocenters. The summed E-state index contributed by atoms with van der Waals surface area (Å²) in [5, 5.41) is 11.7. The highest BCUT2D eigenvalue weighted by Gasteiger charge is 2.24. The standard InChI is InChI=1S/C14H16ClN3O2S/c15-13-11(18-7-8-21-14(18)16-13)4-5-12(20)17-6-2-1-3-10(17)9-19/h4-5,7-8,10,19H,1-3,6,9H2/b5-4+. The maximum absolute atomic E-state index is 12.3. The van der Waals surface area contributed by atoms with Crippen LogP contribution in [-0.2, 0) is 4.79 Å². The van der Waals surface area contributed by atoms with Gasteiger partial charge in [0.25, 0.3) is 0 Å². The molecule has 2 aromatic rings. The molecule has 0 bridgehead atoms. The average Bonchev–Trinajstić information content (AvgIpc) is 3.05. The Kier molecular flexibility index (Phi) is 4.28. The normalized spacial score (nSPS) is 19.7. The van der Waals surface area contributed by atoms with E-state index in [-0.39, 0.29) is 18.6 Å². The number of imidazole rings is 1. The molecular weight excluding hydrogens is 310 g/mol. The SMILES string of the molecule is O=C(/C=C/c1c(Cl)nc2sccn12)N1CCCCC1CO. The number of rotatable bonds is 3. The van der Waals surface area contributed by atoms with Gasteiger partial charge >= 0.3 is 0 Å². The molecule has 1 fully saturated rings. The van der Waals surface area contributed by atoms with Gasteiger partial charge in [-0.05, 0) is 25.3 Å². The van der Waals surface area contributed by atoms with Crippen molar-refractivity contribution in [3.63, 3.8) is 0 Å². The number of likely N-dealkylation sites (tertiary alicyclic amines) is 1. The van der Waals surface area contributed by atoms with Crippen LogP contribution in [0.2, 0.25) is 5.15 Å². The molecule has 3 heterocycles. The molecule has 1 aliphatic heterocycles. The summed E-state index contributed by atoms with van der Waals surface area (Å²) in [5.41, 5.74) is 0.707. The van der Waals surface area contributed by atoms with Gasteiger partial charge in [-0.1, -0.05) is 11.6 Å². The molecule has 2 aromatic heterocycles. The monoisotopic (exact) mass is 325 g/mol. The summed E-state index contributed by atoms with van der Waals surface area (Å²) in [6.07, 6.45) is 7.99. The first kappa shape index (κ1) is 14.6. The Bertz CT molecular complexity index is 679. The lowest BCUT2D eigenvalue weighted by Crippen LogP contribution is -2.44. The minimum Gasteiger partial charge on any atom is -0.394 e. The Morgan fingerprint density at radius 1 is 1.57 bits per heavy atom. The molecule has 1 N–H and O–H groups in total. The number of aliphatic hydroxyl groups excluding tert-OH is 1. The zero-order chi connectivity index (χ0) is 14.8. The van der Waals surface area contributed by atoms with Crippen LogP contribution < -0.4 is 0 Å². The highest BCUT2D eigenvalue weighted by atomic mass is 35.5. The third-order valence-corrected chi connectivity index (χ3v) is 4.79. The molecule has 1 unspecified atom stereocenters. The summed E-state index contributed by atoms with van der Waals surface area (Å²) in [6.45, 7) is 0.712. The van der Waals surface area contributed by atoms with Gasteiger partial charge in [0.05, 0.1) is 18.3 Å². The molecule has 21 heavy (non-hydrogen) atoms. The highest BCUT2D eigenvalue weighted by molar-refractivity contribution is 7.15. The first-order chi connectivity index (χ1) is 10.2. The summed E-state index contributed by atoms with van der Waals surface area (Å²) in [6, 6.07) is -0.0713. The number of carbonyl (C=O) groups is 1.